The largest absolute Gasteiger partial charge is 0.351 e. The molecule has 1 aliphatic heterocycles. The van der Waals surface area contributed by atoms with Gasteiger partial charge in [0.05, 0.1) is 0 Å². The van der Waals surface area contributed by atoms with Gasteiger partial charge in [0.15, 0.2) is 0 Å². The molecule has 2 N–H and O–H groups in total. The van der Waals surface area contributed by atoms with Crippen LogP contribution in [0, 0.1) is 0 Å². The molecule has 17 heavy (non-hydrogen) atoms. The number of piperazine rings is 1. The van der Waals surface area contributed by atoms with E-state index >= 15 is 0 Å². The number of anilines is 1. The molecule has 4 heteroatoms. The average molecular weight is 234 g/mol. The highest BCUT2D eigenvalue weighted by molar-refractivity contribution is 5.49. The van der Waals surface area contributed by atoms with Crippen LogP contribution in [-0.2, 0) is 0 Å². The predicted molar refractivity (Wildman–Crippen MR) is 71.1 cm³/mol. The van der Waals surface area contributed by atoms with Crippen LogP contribution in [-0.4, -0.2) is 42.6 Å². The maximum atomic E-state index is 6.02. The van der Waals surface area contributed by atoms with E-state index in [0.29, 0.717) is 6.04 Å². The molecule has 0 radical (unpaired) electrons. The summed E-state index contributed by atoms with van der Waals surface area (Å²) in [6.45, 7) is 7.44. The van der Waals surface area contributed by atoms with Crippen LogP contribution in [0.4, 0.5) is 5.82 Å². The van der Waals surface area contributed by atoms with E-state index in [2.05, 4.69) is 34.8 Å². The lowest BCUT2D eigenvalue weighted by Crippen LogP contribution is -2.51. The maximum absolute atomic E-state index is 6.02. The van der Waals surface area contributed by atoms with Crippen molar-refractivity contribution in [1.82, 2.24) is 9.88 Å². The van der Waals surface area contributed by atoms with Gasteiger partial charge < -0.3 is 15.5 Å². The predicted octanol–water partition coefficient (Wildman–Crippen LogP) is 1.24. The van der Waals surface area contributed by atoms with Gasteiger partial charge in [0, 0.05) is 43.5 Å². The summed E-state index contributed by atoms with van der Waals surface area (Å²) in [6, 6.07) is 4.56. The fourth-order valence-corrected chi connectivity index (χ4v) is 2.46. The van der Waals surface area contributed by atoms with Crippen LogP contribution in [0.3, 0.4) is 0 Å². The molecule has 4 nitrogen and oxygen atoms in total. The molecule has 1 aromatic rings. The summed E-state index contributed by atoms with van der Waals surface area (Å²) in [5.41, 5.74) is 7.16. The molecule has 1 saturated heterocycles. The van der Waals surface area contributed by atoms with Gasteiger partial charge in [-0.1, -0.05) is 6.07 Å². The van der Waals surface area contributed by atoms with E-state index in [1.807, 2.05) is 19.2 Å². The zero-order valence-electron chi connectivity index (χ0n) is 10.9. The van der Waals surface area contributed by atoms with E-state index in [0.717, 1.165) is 31.0 Å². The van der Waals surface area contributed by atoms with Gasteiger partial charge in [0.2, 0.25) is 0 Å². The molecule has 1 fully saturated rings. The van der Waals surface area contributed by atoms with Gasteiger partial charge in [0.25, 0.3) is 0 Å². The normalized spacial score (nSPS) is 23.8. The first-order valence-electron chi connectivity index (χ1n) is 6.25. The minimum atomic E-state index is 0.0329. The van der Waals surface area contributed by atoms with Crippen molar-refractivity contribution in [2.24, 2.45) is 5.73 Å². The third-order valence-corrected chi connectivity index (χ3v) is 3.41. The Bertz CT molecular complexity index is 377. The Kier molecular flexibility index (Phi) is 3.64. The van der Waals surface area contributed by atoms with Gasteiger partial charge in [-0.05, 0) is 27.0 Å². The first-order valence-corrected chi connectivity index (χ1v) is 6.25. The third-order valence-electron chi connectivity index (χ3n) is 3.41. The fourth-order valence-electron chi connectivity index (χ4n) is 2.46. The van der Waals surface area contributed by atoms with Crippen molar-refractivity contribution in [1.29, 1.82) is 0 Å². The molecule has 0 bridgehead atoms. The Balaban J connectivity index is 2.27. The van der Waals surface area contributed by atoms with Crippen molar-refractivity contribution in [2.45, 2.75) is 25.9 Å². The summed E-state index contributed by atoms with van der Waals surface area (Å²) in [6.07, 6.45) is 1.85. The Morgan fingerprint density at radius 1 is 1.47 bits per heavy atom. The molecule has 2 atom stereocenters. The summed E-state index contributed by atoms with van der Waals surface area (Å²) >= 11 is 0. The van der Waals surface area contributed by atoms with Gasteiger partial charge in [-0.3, -0.25) is 0 Å². The van der Waals surface area contributed by atoms with Crippen LogP contribution in [0.2, 0.25) is 0 Å². The van der Waals surface area contributed by atoms with Crippen molar-refractivity contribution in [2.75, 3.05) is 31.6 Å². The van der Waals surface area contributed by atoms with Gasteiger partial charge in [-0.2, -0.15) is 0 Å². The molecular formula is C13H22N4. The molecule has 0 aromatic carbocycles. The standard InChI is InChI=1S/C13H22N4/c1-10-9-16(3)7-8-17(10)13-12(11(2)14)5-4-6-15-13/h4-6,10-11H,7-9,14H2,1-3H3/t10?,11-/m0/s1. The monoisotopic (exact) mass is 234 g/mol. The lowest BCUT2D eigenvalue weighted by Gasteiger charge is -2.40. The lowest BCUT2D eigenvalue weighted by molar-refractivity contribution is 0.274. The molecule has 1 aromatic heterocycles. The SMILES string of the molecule is CC1CN(C)CCN1c1ncccc1[C@H](C)N. The van der Waals surface area contributed by atoms with E-state index in [1.54, 1.807) is 0 Å². The van der Waals surface area contributed by atoms with Crippen LogP contribution in [0.1, 0.15) is 25.5 Å². The first-order chi connectivity index (χ1) is 8.09. The zero-order valence-corrected chi connectivity index (χ0v) is 10.9. The Hall–Kier alpha value is -1.13. The Morgan fingerprint density at radius 2 is 2.24 bits per heavy atom. The second-order valence-corrected chi connectivity index (χ2v) is 5.01. The van der Waals surface area contributed by atoms with Crippen molar-refractivity contribution in [3.05, 3.63) is 23.9 Å². The number of pyridine rings is 1. The molecule has 94 valence electrons. The van der Waals surface area contributed by atoms with E-state index in [-0.39, 0.29) is 6.04 Å². The number of nitrogens with zero attached hydrogens (tertiary/aromatic N) is 3. The van der Waals surface area contributed by atoms with E-state index in [4.69, 9.17) is 5.73 Å². The second kappa shape index (κ2) is 5.02. The lowest BCUT2D eigenvalue weighted by atomic mass is 10.1. The summed E-state index contributed by atoms with van der Waals surface area (Å²) in [7, 11) is 2.17. The zero-order chi connectivity index (χ0) is 12.4. The summed E-state index contributed by atoms with van der Waals surface area (Å²) in [4.78, 5) is 9.26. The Labute approximate surface area is 103 Å². The van der Waals surface area contributed by atoms with E-state index in [9.17, 15) is 0 Å². The summed E-state index contributed by atoms with van der Waals surface area (Å²) in [5, 5.41) is 0. The van der Waals surface area contributed by atoms with Crippen LogP contribution >= 0.6 is 0 Å². The number of hydrogen-bond donors (Lipinski definition) is 1. The quantitative estimate of drug-likeness (QED) is 0.836. The smallest absolute Gasteiger partial charge is 0.133 e. The first kappa shape index (κ1) is 12.3. The summed E-state index contributed by atoms with van der Waals surface area (Å²) < 4.78 is 0. The minimum absolute atomic E-state index is 0.0329. The molecule has 1 aliphatic rings. The van der Waals surface area contributed by atoms with Crippen molar-refractivity contribution < 1.29 is 0 Å². The van der Waals surface area contributed by atoms with Gasteiger partial charge >= 0.3 is 0 Å². The highest BCUT2D eigenvalue weighted by Crippen LogP contribution is 2.25. The van der Waals surface area contributed by atoms with Crippen LogP contribution in [0.25, 0.3) is 0 Å². The molecule has 0 spiro atoms. The van der Waals surface area contributed by atoms with Crippen LogP contribution in [0.15, 0.2) is 18.3 Å². The molecule has 0 amide bonds. The number of hydrogen-bond acceptors (Lipinski definition) is 4. The highest BCUT2D eigenvalue weighted by Gasteiger charge is 2.24. The van der Waals surface area contributed by atoms with E-state index in [1.165, 1.54) is 0 Å². The highest BCUT2D eigenvalue weighted by atomic mass is 15.3. The second-order valence-electron chi connectivity index (χ2n) is 5.01. The van der Waals surface area contributed by atoms with Crippen molar-refractivity contribution in [3.8, 4) is 0 Å². The minimum Gasteiger partial charge on any atom is -0.351 e. The fraction of sp³-hybridized carbons (Fsp3) is 0.615. The van der Waals surface area contributed by atoms with Gasteiger partial charge in [0.1, 0.15) is 5.82 Å². The van der Waals surface area contributed by atoms with E-state index < -0.39 is 0 Å². The summed E-state index contributed by atoms with van der Waals surface area (Å²) in [5.74, 6) is 1.06. The number of rotatable bonds is 2. The van der Waals surface area contributed by atoms with Gasteiger partial charge in [-0.25, -0.2) is 4.98 Å². The molecule has 1 unspecified atom stereocenters. The van der Waals surface area contributed by atoms with Crippen LogP contribution < -0.4 is 10.6 Å². The third kappa shape index (κ3) is 2.58. The van der Waals surface area contributed by atoms with Crippen molar-refractivity contribution in [3.63, 3.8) is 0 Å². The number of nitrogens with two attached hydrogens (primary N) is 1. The molecular weight excluding hydrogens is 212 g/mol. The van der Waals surface area contributed by atoms with Gasteiger partial charge in [-0.15, -0.1) is 0 Å². The average Bonchev–Trinajstić information content (AvgIpc) is 2.29. The van der Waals surface area contributed by atoms with Crippen molar-refractivity contribution >= 4 is 5.82 Å². The molecule has 2 rings (SSSR count). The molecule has 0 aliphatic carbocycles. The molecule has 2 heterocycles. The van der Waals surface area contributed by atoms with Crippen LogP contribution in [0.5, 0.6) is 0 Å². The molecule has 0 saturated carbocycles. The number of aromatic nitrogens is 1. The topological polar surface area (TPSA) is 45.4 Å². The number of likely N-dealkylation sites (N-methyl/N-ethyl adjacent to an activating group) is 1. The maximum Gasteiger partial charge on any atom is 0.133 e. The Morgan fingerprint density at radius 3 is 2.88 bits per heavy atom.